The second-order valence-electron chi connectivity index (χ2n) is 2.24. The number of hydrogen-bond acceptors (Lipinski definition) is 3. The van der Waals surface area contributed by atoms with Crippen LogP contribution in [0.5, 0.6) is 0 Å². The third-order valence-electron chi connectivity index (χ3n) is 1.32. The van der Waals surface area contributed by atoms with Gasteiger partial charge in [-0.05, 0) is 12.1 Å². The average Bonchev–Trinajstić information content (AvgIpc) is 2.06. The van der Waals surface area contributed by atoms with Gasteiger partial charge in [-0.1, -0.05) is 25.1 Å². The first-order valence-electron chi connectivity index (χ1n) is 3.61. The first kappa shape index (κ1) is 9.61. The molecule has 0 radical (unpaired) electrons. The zero-order valence-electron chi connectivity index (χ0n) is 6.73. The highest BCUT2D eigenvalue weighted by Gasteiger charge is 2.08. The molecule has 0 amide bonds. The summed E-state index contributed by atoms with van der Waals surface area (Å²) in [4.78, 5) is 0.777. The van der Waals surface area contributed by atoms with Gasteiger partial charge < -0.3 is 0 Å². The molecule has 2 nitrogen and oxygen atoms in total. The summed E-state index contributed by atoms with van der Waals surface area (Å²) in [5, 5.41) is 0. The molecule has 1 aromatic carbocycles. The van der Waals surface area contributed by atoms with Crippen molar-refractivity contribution >= 4 is 19.7 Å². The van der Waals surface area contributed by atoms with Crippen LogP contribution >= 0.6 is 10.8 Å². The zero-order chi connectivity index (χ0) is 9.03. The van der Waals surface area contributed by atoms with Crippen molar-refractivity contribution in [2.24, 2.45) is 0 Å². The highest BCUT2D eigenvalue weighted by atomic mass is 33.1. The van der Waals surface area contributed by atoms with Gasteiger partial charge in [0.05, 0.1) is 5.75 Å². The molecular formula is C8H10O2S2. The summed E-state index contributed by atoms with van der Waals surface area (Å²) < 4.78 is 22.3. The maximum Gasteiger partial charge on any atom is 0.205 e. The molecule has 0 fully saturated rings. The van der Waals surface area contributed by atoms with Gasteiger partial charge >= 0.3 is 0 Å². The Morgan fingerprint density at radius 1 is 1.25 bits per heavy atom. The minimum atomic E-state index is -2.96. The van der Waals surface area contributed by atoms with Crippen LogP contribution in [-0.4, -0.2) is 14.2 Å². The number of benzene rings is 1. The van der Waals surface area contributed by atoms with E-state index in [2.05, 4.69) is 0 Å². The van der Waals surface area contributed by atoms with E-state index in [-0.39, 0.29) is 5.75 Å². The SMILES string of the molecule is CCS(=O)(=O)Sc1ccccc1. The third kappa shape index (κ3) is 2.87. The van der Waals surface area contributed by atoms with E-state index in [0.29, 0.717) is 0 Å². The van der Waals surface area contributed by atoms with E-state index in [0.717, 1.165) is 15.7 Å². The van der Waals surface area contributed by atoms with Gasteiger partial charge in [-0.25, -0.2) is 8.42 Å². The standard InChI is InChI=1S/C8H10O2S2/c1-2-12(9,10)11-8-6-4-3-5-7-8/h3-7H,2H2,1H3. The summed E-state index contributed by atoms with van der Waals surface area (Å²) >= 11 is 0. The van der Waals surface area contributed by atoms with Crippen molar-refractivity contribution in [2.75, 3.05) is 5.75 Å². The molecule has 0 saturated heterocycles. The monoisotopic (exact) mass is 202 g/mol. The zero-order valence-corrected chi connectivity index (χ0v) is 8.36. The van der Waals surface area contributed by atoms with Gasteiger partial charge in [0.1, 0.15) is 0 Å². The van der Waals surface area contributed by atoms with Crippen molar-refractivity contribution in [1.82, 2.24) is 0 Å². The van der Waals surface area contributed by atoms with Gasteiger partial charge in [-0.15, -0.1) is 0 Å². The molecule has 66 valence electrons. The Labute approximate surface area is 76.3 Å². The fourth-order valence-electron chi connectivity index (χ4n) is 0.682. The van der Waals surface area contributed by atoms with Crippen LogP contribution in [0, 0.1) is 0 Å². The number of hydrogen-bond donors (Lipinski definition) is 0. The first-order chi connectivity index (χ1) is 5.64. The van der Waals surface area contributed by atoms with Crippen LogP contribution in [-0.2, 0) is 8.87 Å². The van der Waals surface area contributed by atoms with Gasteiger partial charge in [0.2, 0.25) is 8.87 Å². The molecule has 0 N–H and O–H groups in total. The van der Waals surface area contributed by atoms with Crippen molar-refractivity contribution in [2.45, 2.75) is 11.8 Å². The lowest BCUT2D eigenvalue weighted by Gasteiger charge is -1.98. The second kappa shape index (κ2) is 3.96. The summed E-state index contributed by atoms with van der Waals surface area (Å²) in [7, 11) is -2.04. The Hall–Kier alpha value is -0.480. The Kier molecular flexibility index (Phi) is 3.17. The van der Waals surface area contributed by atoms with Gasteiger partial charge in [-0.2, -0.15) is 0 Å². The van der Waals surface area contributed by atoms with Crippen LogP contribution in [0.25, 0.3) is 0 Å². The van der Waals surface area contributed by atoms with E-state index in [1.165, 1.54) is 0 Å². The third-order valence-corrected chi connectivity index (χ3v) is 4.79. The highest BCUT2D eigenvalue weighted by molar-refractivity contribution is 8.72. The fraction of sp³-hybridized carbons (Fsp3) is 0.250. The van der Waals surface area contributed by atoms with Gasteiger partial charge in [0, 0.05) is 15.7 Å². The summed E-state index contributed by atoms with van der Waals surface area (Å²) in [5.41, 5.74) is 0. The van der Waals surface area contributed by atoms with E-state index in [4.69, 9.17) is 0 Å². The minimum absolute atomic E-state index is 0.173. The molecule has 4 heteroatoms. The maximum absolute atomic E-state index is 11.1. The van der Waals surface area contributed by atoms with Crippen LogP contribution in [0.3, 0.4) is 0 Å². The summed E-state index contributed by atoms with van der Waals surface area (Å²) in [5.74, 6) is 0.173. The molecule has 1 aromatic rings. The van der Waals surface area contributed by atoms with Crippen LogP contribution in [0.4, 0.5) is 0 Å². The number of rotatable bonds is 3. The summed E-state index contributed by atoms with van der Waals surface area (Å²) in [6.07, 6.45) is 0. The quantitative estimate of drug-likeness (QED) is 0.704. The summed E-state index contributed by atoms with van der Waals surface area (Å²) in [6, 6.07) is 9.10. The van der Waals surface area contributed by atoms with Crippen LogP contribution < -0.4 is 0 Å². The highest BCUT2D eigenvalue weighted by Crippen LogP contribution is 2.23. The Bertz CT molecular complexity index is 329. The lowest BCUT2D eigenvalue weighted by molar-refractivity contribution is 0.611. The Balaban J connectivity index is 2.78. The van der Waals surface area contributed by atoms with E-state index in [1.54, 1.807) is 19.1 Å². The molecule has 0 aromatic heterocycles. The van der Waals surface area contributed by atoms with E-state index in [9.17, 15) is 8.42 Å². The predicted octanol–water partition coefficient (Wildman–Crippen LogP) is 2.13. The fourth-order valence-corrected chi connectivity index (χ4v) is 2.93. The molecule has 0 saturated carbocycles. The minimum Gasteiger partial charge on any atom is -0.217 e. The van der Waals surface area contributed by atoms with Gasteiger partial charge in [0.25, 0.3) is 0 Å². The van der Waals surface area contributed by atoms with Crippen LogP contribution in [0.15, 0.2) is 35.2 Å². The molecule has 12 heavy (non-hydrogen) atoms. The second-order valence-corrected chi connectivity index (χ2v) is 6.60. The largest absolute Gasteiger partial charge is 0.217 e. The Morgan fingerprint density at radius 2 is 1.83 bits per heavy atom. The summed E-state index contributed by atoms with van der Waals surface area (Å²) in [6.45, 7) is 1.64. The molecule has 0 aliphatic heterocycles. The molecule has 1 rings (SSSR count). The van der Waals surface area contributed by atoms with Crippen LogP contribution in [0.1, 0.15) is 6.92 Å². The van der Waals surface area contributed by atoms with Gasteiger partial charge in [0.15, 0.2) is 0 Å². The van der Waals surface area contributed by atoms with E-state index < -0.39 is 8.87 Å². The van der Waals surface area contributed by atoms with Crippen molar-refractivity contribution in [3.8, 4) is 0 Å². The van der Waals surface area contributed by atoms with E-state index >= 15 is 0 Å². The van der Waals surface area contributed by atoms with Crippen molar-refractivity contribution in [3.63, 3.8) is 0 Å². The topological polar surface area (TPSA) is 34.1 Å². The molecule has 0 atom stereocenters. The molecule has 0 aliphatic carbocycles. The Morgan fingerprint density at radius 3 is 2.33 bits per heavy atom. The van der Waals surface area contributed by atoms with Crippen molar-refractivity contribution < 1.29 is 8.42 Å². The molecular weight excluding hydrogens is 192 g/mol. The average molecular weight is 202 g/mol. The smallest absolute Gasteiger partial charge is 0.205 e. The van der Waals surface area contributed by atoms with Crippen molar-refractivity contribution in [1.29, 1.82) is 0 Å². The normalized spacial score (nSPS) is 11.4. The molecule has 0 aliphatic rings. The lowest BCUT2D eigenvalue weighted by atomic mass is 10.4. The van der Waals surface area contributed by atoms with Crippen LogP contribution in [0.2, 0.25) is 0 Å². The maximum atomic E-state index is 11.1. The molecule has 0 spiro atoms. The van der Waals surface area contributed by atoms with E-state index in [1.807, 2.05) is 18.2 Å². The first-order valence-corrected chi connectivity index (χ1v) is 6.60. The molecule has 0 heterocycles. The molecule has 0 bridgehead atoms. The van der Waals surface area contributed by atoms with Crippen molar-refractivity contribution in [3.05, 3.63) is 30.3 Å². The van der Waals surface area contributed by atoms with Gasteiger partial charge in [-0.3, -0.25) is 0 Å². The lowest BCUT2D eigenvalue weighted by Crippen LogP contribution is -1.95. The predicted molar refractivity (Wildman–Crippen MR) is 51.8 cm³/mol. The molecule has 0 unspecified atom stereocenters.